The summed E-state index contributed by atoms with van der Waals surface area (Å²) in [7, 11) is 0. The molecule has 1 amide bonds. The molecule has 0 radical (unpaired) electrons. The van der Waals surface area contributed by atoms with Gasteiger partial charge in [-0.3, -0.25) is 9.69 Å². The van der Waals surface area contributed by atoms with E-state index in [-0.39, 0.29) is 18.6 Å². The number of ether oxygens (including phenoxy) is 1. The number of nitrogens with zero attached hydrogens (tertiary/aromatic N) is 2. The molecule has 0 unspecified atom stereocenters. The summed E-state index contributed by atoms with van der Waals surface area (Å²) in [5, 5.41) is 8.55. The standard InChI is InChI=1S/C13H22N2O4/c16-12(15-5-1-2-6-15)9-14-7-3-11(4-8-14)19-10-13(17)18/h11H,1-10H2,(H,17,18). The average molecular weight is 270 g/mol. The molecule has 2 saturated heterocycles. The van der Waals surface area contributed by atoms with Gasteiger partial charge < -0.3 is 14.7 Å². The largest absolute Gasteiger partial charge is 0.480 e. The number of carbonyl (C=O) groups is 2. The van der Waals surface area contributed by atoms with E-state index in [2.05, 4.69) is 4.90 Å². The van der Waals surface area contributed by atoms with E-state index in [9.17, 15) is 9.59 Å². The zero-order valence-electron chi connectivity index (χ0n) is 11.2. The maximum atomic E-state index is 12.0. The van der Waals surface area contributed by atoms with E-state index in [0.29, 0.717) is 6.54 Å². The normalized spacial score (nSPS) is 21.8. The SMILES string of the molecule is O=C(O)COC1CCN(CC(=O)N2CCCC2)CC1. The molecule has 2 heterocycles. The molecular formula is C13H22N2O4. The van der Waals surface area contributed by atoms with E-state index >= 15 is 0 Å². The Morgan fingerprint density at radius 3 is 2.32 bits per heavy atom. The van der Waals surface area contributed by atoms with Crippen LogP contribution in [0.5, 0.6) is 0 Å². The maximum Gasteiger partial charge on any atom is 0.329 e. The number of hydrogen-bond acceptors (Lipinski definition) is 4. The lowest BCUT2D eigenvalue weighted by Crippen LogP contribution is -2.44. The number of piperidine rings is 1. The minimum Gasteiger partial charge on any atom is -0.480 e. The molecule has 0 aromatic rings. The van der Waals surface area contributed by atoms with E-state index in [0.717, 1.165) is 51.9 Å². The van der Waals surface area contributed by atoms with Gasteiger partial charge >= 0.3 is 5.97 Å². The van der Waals surface area contributed by atoms with Crippen molar-refractivity contribution in [2.24, 2.45) is 0 Å². The number of hydrogen-bond donors (Lipinski definition) is 1. The minimum absolute atomic E-state index is 0.0224. The summed E-state index contributed by atoms with van der Waals surface area (Å²) >= 11 is 0. The van der Waals surface area contributed by atoms with Crippen LogP contribution in [0.2, 0.25) is 0 Å². The molecule has 0 aromatic heterocycles. The topological polar surface area (TPSA) is 70.1 Å². The fourth-order valence-electron chi connectivity index (χ4n) is 2.68. The summed E-state index contributed by atoms with van der Waals surface area (Å²) in [4.78, 5) is 26.5. The van der Waals surface area contributed by atoms with Crippen molar-refractivity contribution >= 4 is 11.9 Å². The Morgan fingerprint density at radius 1 is 1.11 bits per heavy atom. The Hall–Kier alpha value is -1.14. The first-order valence-electron chi connectivity index (χ1n) is 6.98. The van der Waals surface area contributed by atoms with Crippen molar-refractivity contribution in [1.29, 1.82) is 0 Å². The molecule has 6 heteroatoms. The summed E-state index contributed by atoms with van der Waals surface area (Å²) in [6.07, 6.45) is 3.88. The van der Waals surface area contributed by atoms with Crippen molar-refractivity contribution in [3.8, 4) is 0 Å². The minimum atomic E-state index is -0.924. The number of likely N-dealkylation sites (tertiary alicyclic amines) is 2. The number of carboxylic acids is 1. The van der Waals surface area contributed by atoms with E-state index < -0.39 is 5.97 Å². The monoisotopic (exact) mass is 270 g/mol. The van der Waals surface area contributed by atoms with Crippen LogP contribution in [0.3, 0.4) is 0 Å². The molecule has 0 bridgehead atoms. The molecule has 2 rings (SSSR count). The summed E-state index contributed by atoms with van der Waals surface area (Å²) in [5.41, 5.74) is 0. The van der Waals surface area contributed by atoms with Crippen LogP contribution in [0.15, 0.2) is 0 Å². The van der Waals surface area contributed by atoms with Gasteiger partial charge in [0.15, 0.2) is 0 Å². The molecule has 6 nitrogen and oxygen atoms in total. The van der Waals surface area contributed by atoms with Crippen molar-refractivity contribution < 1.29 is 19.4 Å². The molecule has 19 heavy (non-hydrogen) atoms. The molecule has 0 aromatic carbocycles. The first-order chi connectivity index (χ1) is 9.15. The van der Waals surface area contributed by atoms with Gasteiger partial charge in [0.05, 0.1) is 12.6 Å². The molecule has 0 spiro atoms. The van der Waals surface area contributed by atoms with Gasteiger partial charge in [0.1, 0.15) is 6.61 Å². The second kappa shape index (κ2) is 6.86. The van der Waals surface area contributed by atoms with E-state index in [1.807, 2.05) is 4.90 Å². The van der Waals surface area contributed by atoms with Crippen LogP contribution in [-0.2, 0) is 14.3 Å². The van der Waals surface area contributed by atoms with E-state index in [1.165, 1.54) is 0 Å². The third-order valence-electron chi connectivity index (χ3n) is 3.79. The molecule has 1 N–H and O–H groups in total. The Bertz CT molecular complexity index is 321. The zero-order chi connectivity index (χ0) is 13.7. The van der Waals surface area contributed by atoms with Gasteiger partial charge in [0.2, 0.25) is 5.91 Å². The Kier molecular flexibility index (Phi) is 5.15. The van der Waals surface area contributed by atoms with Crippen LogP contribution in [-0.4, -0.2) is 72.2 Å². The lowest BCUT2D eigenvalue weighted by molar-refractivity contribution is -0.145. The molecule has 2 fully saturated rings. The zero-order valence-corrected chi connectivity index (χ0v) is 11.2. The summed E-state index contributed by atoms with van der Waals surface area (Å²) in [6.45, 7) is 3.69. The summed E-state index contributed by atoms with van der Waals surface area (Å²) in [5.74, 6) is -0.700. The second-order valence-corrected chi connectivity index (χ2v) is 5.27. The first kappa shape index (κ1) is 14.3. The third kappa shape index (κ3) is 4.47. The highest BCUT2D eigenvalue weighted by atomic mass is 16.5. The molecule has 0 saturated carbocycles. The number of carboxylic acid groups (broad SMARTS) is 1. The molecule has 0 atom stereocenters. The van der Waals surface area contributed by atoms with Crippen LogP contribution in [0.1, 0.15) is 25.7 Å². The summed E-state index contributed by atoms with van der Waals surface area (Å²) in [6, 6.07) is 0. The van der Waals surface area contributed by atoms with Gasteiger partial charge in [-0.25, -0.2) is 4.79 Å². The van der Waals surface area contributed by atoms with Gasteiger partial charge in [0.25, 0.3) is 0 Å². The smallest absolute Gasteiger partial charge is 0.329 e. The highest BCUT2D eigenvalue weighted by molar-refractivity contribution is 5.78. The second-order valence-electron chi connectivity index (χ2n) is 5.27. The third-order valence-corrected chi connectivity index (χ3v) is 3.79. The number of rotatable bonds is 5. The van der Waals surface area contributed by atoms with Crippen LogP contribution < -0.4 is 0 Å². The Morgan fingerprint density at radius 2 is 1.74 bits per heavy atom. The van der Waals surface area contributed by atoms with Gasteiger partial charge in [-0.15, -0.1) is 0 Å². The average Bonchev–Trinajstić information content (AvgIpc) is 2.92. The molecule has 2 aliphatic rings. The van der Waals surface area contributed by atoms with Crippen molar-refractivity contribution in [1.82, 2.24) is 9.80 Å². The first-order valence-corrected chi connectivity index (χ1v) is 6.98. The van der Waals surface area contributed by atoms with Crippen LogP contribution in [0.25, 0.3) is 0 Å². The predicted octanol–water partition coefficient (Wildman–Crippen LogP) is 0.174. The van der Waals surface area contributed by atoms with Gasteiger partial charge in [-0.2, -0.15) is 0 Å². The van der Waals surface area contributed by atoms with E-state index in [1.54, 1.807) is 0 Å². The molecule has 2 aliphatic heterocycles. The van der Waals surface area contributed by atoms with Gasteiger partial charge in [-0.05, 0) is 25.7 Å². The van der Waals surface area contributed by atoms with Crippen LogP contribution in [0, 0.1) is 0 Å². The molecule has 0 aliphatic carbocycles. The predicted molar refractivity (Wildman–Crippen MR) is 68.9 cm³/mol. The quantitative estimate of drug-likeness (QED) is 0.771. The number of amides is 1. The Balaban J connectivity index is 1.65. The number of aliphatic carboxylic acids is 1. The van der Waals surface area contributed by atoms with Gasteiger partial charge in [-0.1, -0.05) is 0 Å². The van der Waals surface area contributed by atoms with Crippen LogP contribution in [0.4, 0.5) is 0 Å². The van der Waals surface area contributed by atoms with Crippen molar-refractivity contribution in [3.63, 3.8) is 0 Å². The lowest BCUT2D eigenvalue weighted by atomic mass is 10.1. The maximum absolute atomic E-state index is 12.0. The highest BCUT2D eigenvalue weighted by Crippen LogP contribution is 2.14. The Labute approximate surface area is 113 Å². The lowest BCUT2D eigenvalue weighted by Gasteiger charge is -2.32. The highest BCUT2D eigenvalue weighted by Gasteiger charge is 2.24. The van der Waals surface area contributed by atoms with Crippen molar-refractivity contribution in [3.05, 3.63) is 0 Å². The van der Waals surface area contributed by atoms with Crippen molar-refractivity contribution in [2.75, 3.05) is 39.3 Å². The van der Waals surface area contributed by atoms with E-state index in [4.69, 9.17) is 9.84 Å². The fraction of sp³-hybridized carbons (Fsp3) is 0.846. The van der Waals surface area contributed by atoms with Crippen molar-refractivity contribution in [2.45, 2.75) is 31.8 Å². The molecular weight excluding hydrogens is 248 g/mol. The fourth-order valence-corrected chi connectivity index (χ4v) is 2.68. The summed E-state index contributed by atoms with van der Waals surface area (Å²) < 4.78 is 5.28. The van der Waals surface area contributed by atoms with Crippen LogP contribution >= 0.6 is 0 Å². The molecule has 108 valence electrons. The van der Waals surface area contributed by atoms with Gasteiger partial charge in [0, 0.05) is 26.2 Å². The number of carbonyl (C=O) groups excluding carboxylic acids is 1.